The molecule has 1 aliphatic heterocycles. The minimum absolute atomic E-state index is 0.106. The Balaban J connectivity index is 1.94. The average molecular weight is 429 g/mol. The van der Waals surface area contributed by atoms with Gasteiger partial charge < -0.3 is 9.64 Å². The van der Waals surface area contributed by atoms with Gasteiger partial charge in [-0.25, -0.2) is 8.42 Å². The molecule has 0 atom stereocenters. The Morgan fingerprint density at radius 3 is 2.47 bits per heavy atom. The summed E-state index contributed by atoms with van der Waals surface area (Å²) >= 11 is 0. The Hall–Kier alpha value is -2.80. The maximum atomic E-state index is 13.0. The van der Waals surface area contributed by atoms with Crippen molar-refractivity contribution in [3.05, 3.63) is 60.7 Å². The van der Waals surface area contributed by atoms with E-state index in [2.05, 4.69) is 25.1 Å². The number of amides is 1. The van der Waals surface area contributed by atoms with Crippen molar-refractivity contribution in [2.75, 3.05) is 22.8 Å². The number of ether oxygens (including phenoxy) is 1. The molecule has 0 bridgehead atoms. The highest BCUT2D eigenvalue weighted by Gasteiger charge is 2.37. The Morgan fingerprint density at radius 2 is 1.87 bits per heavy atom. The van der Waals surface area contributed by atoms with E-state index in [-0.39, 0.29) is 17.4 Å². The molecule has 0 aliphatic carbocycles. The molecule has 0 saturated carbocycles. The number of hydrogen-bond acceptors (Lipinski definition) is 4. The van der Waals surface area contributed by atoms with Crippen LogP contribution in [0.4, 0.5) is 11.4 Å². The Bertz CT molecular complexity index is 1060. The van der Waals surface area contributed by atoms with Crippen molar-refractivity contribution >= 4 is 27.3 Å². The second-order valence-corrected chi connectivity index (χ2v) is 10.1. The van der Waals surface area contributed by atoms with Crippen molar-refractivity contribution in [3.8, 4) is 5.75 Å². The molecule has 3 rings (SSSR count). The quantitative estimate of drug-likeness (QED) is 0.685. The van der Waals surface area contributed by atoms with Crippen LogP contribution in [0.2, 0.25) is 0 Å². The molecule has 0 saturated heterocycles. The summed E-state index contributed by atoms with van der Waals surface area (Å²) < 4.78 is 34.2. The van der Waals surface area contributed by atoms with Crippen LogP contribution in [0.15, 0.2) is 60.0 Å². The molecular formula is C23H28N2O4S. The zero-order valence-corrected chi connectivity index (χ0v) is 18.6. The number of fused-ring (bicyclic) bond motifs is 1. The van der Waals surface area contributed by atoms with Crippen LogP contribution < -0.4 is 14.4 Å². The number of rotatable bonds is 6. The zero-order chi connectivity index (χ0) is 22.1. The predicted molar refractivity (Wildman–Crippen MR) is 120 cm³/mol. The standard InChI is InChI=1S/C23H28N2O4S/c1-6-13-25-20-14-18(9-12-21(20)29-15-23(4,5)22(25)26)24-30(27,28)19-10-7-17(8-11-19)16(2)3/h6-12,14,16,24H,1,13,15H2,2-5H3. The molecule has 1 amide bonds. The summed E-state index contributed by atoms with van der Waals surface area (Å²) in [4.78, 5) is 14.7. The first-order chi connectivity index (χ1) is 14.0. The molecule has 2 aromatic rings. The van der Waals surface area contributed by atoms with Crippen molar-refractivity contribution in [1.29, 1.82) is 0 Å². The van der Waals surface area contributed by atoms with E-state index < -0.39 is 15.4 Å². The van der Waals surface area contributed by atoms with Gasteiger partial charge in [0.2, 0.25) is 5.91 Å². The third kappa shape index (κ3) is 4.36. The van der Waals surface area contributed by atoms with Gasteiger partial charge in [-0.3, -0.25) is 9.52 Å². The lowest BCUT2D eigenvalue weighted by atomic mass is 9.93. The highest BCUT2D eigenvalue weighted by Crippen LogP contribution is 2.38. The highest BCUT2D eigenvalue weighted by molar-refractivity contribution is 7.92. The Labute approximate surface area is 178 Å². The van der Waals surface area contributed by atoms with Crippen molar-refractivity contribution in [1.82, 2.24) is 0 Å². The molecule has 7 heteroatoms. The van der Waals surface area contributed by atoms with Gasteiger partial charge in [0.05, 0.1) is 21.7 Å². The first-order valence-electron chi connectivity index (χ1n) is 9.87. The fourth-order valence-electron chi connectivity index (χ4n) is 3.26. The second-order valence-electron chi connectivity index (χ2n) is 8.39. The van der Waals surface area contributed by atoms with Crippen LogP contribution in [0.3, 0.4) is 0 Å². The highest BCUT2D eigenvalue weighted by atomic mass is 32.2. The summed E-state index contributed by atoms with van der Waals surface area (Å²) in [7, 11) is -3.77. The topological polar surface area (TPSA) is 75.7 Å². The lowest BCUT2D eigenvalue weighted by Crippen LogP contribution is -2.42. The number of carbonyl (C=O) groups is 1. The molecule has 1 heterocycles. The number of sulfonamides is 1. The minimum Gasteiger partial charge on any atom is -0.490 e. The molecule has 0 unspecified atom stereocenters. The van der Waals surface area contributed by atoms with Gasteiger partial charge in [0, 0.05) is 6.54 Å². The van der Waals surface area contributed by atoms with Gasteiger partial charge in [-0.2, -0.15) is 0 Å². The van der Waals surface area contributed by atoms with Gasteiger partial charge in [-0.15, -0.1) is 6.58 Å². The SMILES string of the molecule is C=CCN1C(=O)C(C)(C)COc2ccc(NS(=O)(=O)c3ccc(C(C)C)cc3)cc21. The van der Waals surface area contributed by atoms with Crippen molar-refractivity contribution in [3.63, 3.8) is 0 Å². The van der Waals surface area contributed by atoms with Gasteiger partial charge >= 0.3 is 0 Å². The van der Waals surface area contributed by atoms with Crippen molar-refractivity contribution < 1.29 is 17.9 Å². The second kappa shape index (κ2) is 8.14. The van der Waals surface area contributed by atoms with Gasteiger partial charge in [-0.1, -0.05) is 32.1 Å². The van der Waals surface area contributed by atoms with E-state index in [0.29, 0.717) is 29.6 Å². The van der Waals surface area contributed by atoms with Crippen molar-refractivity contribution in [2.45, 2.75) is 38.5 Å². The van der Waals surface area contributed by atoms with E-state index in [4.69, 9.17) is 4.74 Å². The lowest BCUT2D eigenvalue weighted by Gasteiger charge is -2.27. The van der Waals surface area contributed by atoms with Crippen LogP contribution in [0, 0.1) is 5.41 Å². The van der Waals surface area contributed by atoms with E-state index >= 15 is 0 Å². The molecule has 0 radical (unpaired) electrons. The predicted octanol–water partition coefficient (Wildman–Crippen LogP) is 4.55. The van der Waals surface area contributed by atoms with Gasteiger partial charge in [0.25, 0.3) is 10.0 Å². The smallest absolute Gasteiger partial charge is 0.261 e. The van der Waals surface area contributed by atoms with Crippen LogP contribution in [-0.4, -0.2) is 27.5 Å². The summed E-state index contributed by atoms with van der Waals surface area (Å²) in [5.74, 6) is 0.738. The average Bonchev–Trinajstić information content (AvgIpc) is 2.78. The van der Waals surface area contributed by atoms with Gasteiger partial charge in [0.15, 0.2) is 0 Å². The molecule has 160 valence electrons. The monoisotopic (exact) mass is 428 g/mol. The van der Waals surface area contributed by atoms with Gasteiger partial charge in [0.1, 0.15) is 12.4 Å². The van der Waals surface area contributed by atoms with E-state index in [1.807, 2.05) is 26.0 Å². The van der Waals surface area contributed by atoms with Gasteiger partial charge in [-0.05, 0) is 55.7 Å². The number of hydrogen-bond donors (Lipinski definition) is 1. The molecule has 0 fully saturated rings. The number of anilines is 2. The van der Waals surface area contributed by atoms with Crippen LogP contribution in [0.5, 0.6) is 5.75 Å². The molecular weight excluding hydrogens is 400 g/mol. The summed E-state index contributed by atoms with van der Waals surface area (Å²) in [6.07, 6.45) is 1.64. The van der Waals surface area contributed by atoms with E-state index in [0.717, 1.165) is 5.56 Å². The zero-order valence-electron chi connectivity index (χ0n) is 17.8. The summed E-state index contributed by atoms with van der Waals surface area (Å²) in [6.45, 7) is 12.0. The number of carbonyl (C=O) groups excluding carboxylic acids is 1. The molecule has 0 spiro atoms. The van der Waals surface area contributed by atoms with E-state index in [1.165, 1.54) is 0 Å². The lowest BCUT2D eigenvalue weighted by molar-refractivity contribution is -0.127. The normalized spacial score (nSPS) is 15.9. The molecule has 1 aliphatic rings. The summed E-state index contributed by atoms with van der Waals surface area (Å²) in [6, 6.07) is 11.8. The molecule has 30 heavy (non-hydrogen) atoms. The first kappa shape index (κ1) is 21.9. The third-order valence-electron chi connectivity index (χ3n) is 5.08. The third-order valence-corrected chi connectivity index (χ3v) is 6.48. The van der Waals surface area contributed by atoms with Crippen LogP contribution in [0.1, 0.15) is 39.2 Å². The van der Waals surface area contributed by atoms with Crippen molar-refractivity contribution in [2.24, 2.45) is 5.41 Å². The van der Waals surface area contributed by atoms with E-state index in [9.17, 15) is 13.2 Å². The maximum absolute atomic E-state index is 13.0. The molecule has 1 N–H and O–H groups in total. The summed E-state index contributed by atoms with van der Waals surface area (Å²) in [5, 5.41) is 0. The minimum atomic E-state index is -3.77. The fraction of sp³-hybridized carbons (Fsp3) is 0.348. The number of benzene rings is 2. The Kier molecular flexibility index (Phi) is 5.94. The maximum Gasteiger partial charge on any atom is 0.261 e. The van der Waals surface area contributed by atoms with Crippen LogP contribution >= 0.6 is 0 Å². The Morgan fingerprint density at radius 1 is 1.20 bits per heavy atom. The molecule has 6 nitrogen and oxygen atoms in total. The van der Waals surface area contributed by atoms with Crippen LogP contribution in [-0.2, 0) is 14.8 Å². The summed E-state index contributed by atoms with van der Waals surface area (Å²) in [5.41, 5.74) is 1.23. The van der Waals surface area contributed by atoms with Crippen LogP contribution in [0.25, 0.3) is 0 Å². The molecule has 2 aromatic carbocycles. The largest absolute Gasteiger partial charge is 0.490 e. The van der Waals surface area contributed by atoms with E-state index in [1.54, 1.807) is 41.3 Å². The number of nitrogens with zero attached hydrogens (tertiary/aromatic N) is 1. The molecule has 0 aromatic heterocycles. The first-order valence-corrected chi connectivity index (χ1v) is 11.4. The fourth-order valence-corrected chi connectivity index (χ4v) is 4.31. The number of nitrogens with one attached hydrogen (secondary N) is 1.